The van der Waals surface area contributed by atoms with E-state index >= 15 is 0 Å². The maximum absolute atomic E-state index is 8.50. The van der Waals surface area contributed by atoms with Gasteiger partial charge in [-0.15, -0.1) is 0 Å². The van der Waals surface area contributed by atoms with Crippen LogP contribution in [0.4, 0.5) is 0 Å². The number of hydrogen-bond acceptors (Lipinski definition) is 1. The fraction of sp³-hybridized carbons (Fsp3) is 0.750. The second kappa shape index (κ2) is 3.67. The van der Waals surface area contributed by atoms with E-state index in [-0.39, 0.29) is 0 Å². The summed E-state index contributed by atoms with van der Waals surface area (Å²) >= 11 is 0. The molecule has 9 heavy (non-hydrogen) atoms. The van der Waals surface area contributed by atoms with Gasteiger partial charge in [0.25, 0.3) is 0 Å². The van der Waals surface area contributed by atoms with E-state index in [9.17, 15) is 0 Å². The molecule has 0 unspecified atom stereocenters. The van der Waals surface area contributed by atoms with E-state index in [4.69, 9.17) is 5.11 Å². The van der Waals surface area contributed by atoms with Crippen molar-refractivity contribution in [3.8, 4) is 0 Å². The van der Waals surface area contributed by atoms with Gasteiger partial charge in [0.1, 0.15) is 0 Å². The average molecular weight is 126 g/mol. The lowest BCUT2D eigenvalue weighted by Crippen LogP contribution is -1.83. The Bertz CT molecular complexity index is 105. The standard InChI is InChI=1S/C8H14O/c9-7-3-6-8-4-1-2-5-8/h4,9H,1-3,5-7H2. The summed E-state index contributed by atoms with van der Waals surface area (Å²) in [6.45, 7) is 0.345. The summed E-state index contributed by atoms with van der Waals surface area (Å²) in [6, 6.07) is 0. The van der Waals surface area contributed by atoms with Crippen LogP contribution in [0.3, 0.4) is 0 Å². The lowest BCUT2D eigenvalue weighted by atomic mass is 10.1. The molecule has 0 saturated carbocycles. The largest absolute Gasteiger partial charge is 0.396 e. The smallest absolute Gasteiger partial charge is 0.0434 e. The van der Waals surface area contributed by atoms with E-state index in [2.05, 4.69) is 6.08 Å². The molecule has 0 spiro atoms. The summed E-state index contributed by atoms with van der Waals surface area (Å²) in [7, 11) is 0. The fourth-order valence-corrected chi connectivity index (χ4v) is 1.27. The first kappa shape index (κ1) is 6.81. The minimum absolute atomic E-state index is 0.345. The molecule has 1 N–H and O–H groups in total. The van der Waals surface area contributed by atoms with Gasteiger partial charge in [0.2, 0.25) is 0 Å². The molecule has 1 heteroatoms. The highest BCUT2D eigenvalue weighted by atomic mass is 16.2. The monoisotopic (exact) mass is 126 g/mol. The summed E-state index contributed by atoms with van der Waals surface area (Å²) in [5.74, 6) is 0. The minimum Gasteiger partial charge on any atom is -0.396 e. The van der Waals surface area contributed by atoms with E-state index in [1.807, 2.05) is 0 Å². The van der Waals surface area contributed by atoms with Crippen molar-refractivity contribution in [3.05, 3.63) is 11.6 Å². The third kappa shape index (κ3) is 2.19. The van der Waals surface area contributed by atoms with Crippen LogP contribution >= 0.6 is 0 Å². The molecule has 0 atom stereocenters. The van der Waals surface area contributed by atoms with Gasteiger partial charge in [-0.3, -0.25) is 0 Å². The van der Waals surface area contributed by atoms with E-state index in [1.165, 1.54) is 19.3 Å². The van der Waals surface area contributed by atoms with Crippen molar-refractivity contribution in [1.82, 2.24) is 0 Å². The maximum Gasteiger partial charge on any atom is 0.0434 e. The van der Waals surface area contributed by atoms with Crippen molar-refractivity contribution in [3.63, 3.8) is 0 Å². The van der Waals surface area contributed by atoms with Crippen molar-refractivity contribution in [2.24, 2.45) is 0 Å². The van der Waals surface area contributed by atoms with Crippen LogP contribution in [0.5, 0.6) is 0 Å². The highest BCUT2D eigenvalue weighted by Gasteiger charge is 2.02. The van der Waals surface area contributed by atoms with Crippen LogP contribution < -0.4 is 0 Å². The predicted molar refractivity (Wildman–Crippen MR) is 38.3 cm³/mol. The minimum atomic E-state index is 0.345. The van der Waals surface area contributed by atoms with Crippen molar-refractivity contribution in [2.75, 3.05) is 6.61 Å². The summed E-state index contributed by atoms with van der Waals surface area (Å²) in [6.07, 6.45) is 8.26. The molecule has 0 bridgehead atoms. The molecule has 1 rings (SSSR count). The Morgan fingerprint density at radius 2 is 2.44 bits per heavy atom. The second-order valence-corrected chi connectivity index (χ2v) is 2.58. The molecule has 0 aliphatic heterocycles. The Kier molecular flexibility index (Phi) is 2.78. The highest BCUT2D eigenvalue weighted by Crippen LogP contribution is 2.21. The number of rotatable bonds is 3. The van der Waals surface area contributed by atoms with Gasteiger partial charge >= 0.3 is 0 Å². The molecule has 0 amide bonds. The average Bonchev–Trinajstić information content (AvgIpc) is 2.34. The third-order valence-corrected chi connectivity index (χ3v) is 1.79. The first-order valence-electron chi connectivity index (χ1n) is 3.72. The normalized spacial score (nSPS) is 18.1. The molecule has 1 aliphatic carbocycles. The third-order valence-electron chi connectivity index (χ3n) is 1.79. The van der Waals surface area contributed by atoms with Gasteiger partial charge in [-0.1, -0.05) is 11.6 Å². The predicted octanol–water partition coefficient (Wildman–Crippen LogP) is 1.87. The van der Waals surface area contributed by atoms with Crippen LogP contribution in [0.1, 0.15) is 32.1 Å². The first-order valence-corrected chi connectivity index (χ1v) is 3.72. The lowest BCUT2D eigenvalue weighted by Gasteiger charge is -1.96. The van der Waals surface area contributed by atoms with Gasteiger partial charge in [0.05, 0.1) is 0 Å². The molecule has 0 aromatic rings. The molecule has 0 radical (unpaired) electrons. The number of hydrogen-bond donors (Lipinski definition) is 1. The molecule has 0 aromatic heterocycles. The number of aliphatic hydroxyl groups excluding tert-OH is 1. The van der Waals surface area contributed by atoms with Crippen molar-refractivity contribution in [1.29, 1.82) is 0 Å². The zero-order valence-corrected chi connectivity index (χ0v) is 5.77. The van der Waals surface area contributed by atoms with E-state index in [1.54, 1.807) is 5.57 Å². The molecule has 0 heterocycles. The number of allylic oxidation sites excluding steroid dienone is 2. The van der Waals surface area contributed by atoms with Gasteiger partial charge in [-0.25, -0.2) is 0 Å². The van der Waals surface area contributed by atoms with Gasteiger partial charge in [0.15, 0.2) is 0 Å². The van der Waals surface area contributed by atoms with Crippen molar-refractivity contribution >= 4 is 0 Å². The van der Waals surface area contributed by atoms with E-state index < -0.39 is 0 Å². The van der Waals surface area contributed by atoms with E-state index in [0.717, 1.165) is 12.8 Å². The molecule has 0 fully saturated rings. The number of aliphatic hydroxyl groups is 1. The Morgan fingerprint density at radius 3 is 3.00 bits per heavy atom. The van der Waals surface area contributed by atoms with Crippen LogP contribution in [-0.2, 0) is 0 Å². The molecule has 52 valence electrons. The quantitative estimate of drug-likeness (QED) is 0.572. The summed E-state index contributed by atoms with van der Waals surface area (Å²) in [4.78, 5) is 0. The Labute approximate surface area is 56.4 Å². The zero-order valence-electron chi connectivity index (χ0n) is 5.77. The maximum atomic E-state index is 8.50. The molecule has 1 nitrogen and oxygen atoms in total. The SMILES string of the molecule is OCCCC1=CCCC1. The Morgan fingerprint density at radius 1 is 1.56 bits per heavy atom. The van der Waals surface area contributed by atoms with Gasteiger partial charge in [-0.05, 0) is 32.1 Å². The zero-order chi connectivity index (χ0) is 6.53. The van der Waals surface area contributed by atoms with Gasteiger partial charge in [0, 0.05) is 6.61 Å². The van der Waals surface area contributed by atoms with Crippen LogP contribution in [0.2, 0.25) is 0 Å². The van der Waals surface area contributed by atoms with Crippen molar-refractivity contribution in [2.45, 2.75) is 32.1 Å². The second-order valence-electron chi connectivity index (χ2n) is 2.58. The summed E-state index contributed by atoms with van der Waals surface area (Å²) < 4.78 is 0. The lowest BCUT2D eigenvalue weighted by molar-refractivity contribution is 0.288. The van der Waals surface area contributed by atoms with Crippen molar-refractivity contribution < 1.29 is 5.11 Å². The first-order chi connectivity index (χ1) is 4.43. The molecule has 1 aliphatic rings. The molecular formula is C8H14O. The fourth-order valence-electron chi connectivity index (χ4n) is 1.27. The highest BCUT2D eigenvalue weighted by molar-refractivity contribution is 5.06. The molecule has 0 aromatic carbocycles. The molecular weight excluding hydrogens is 112 g/mol. The summed E-state index contributed by atoms with van der Waals surface area (Å²) in [5.41, 5.74) is 1.56. The topological polar surface area (TPSA) is 20.2 Å². The van der Waals surface area contributed by atoms with Crippen LogP contribution in [0.15, 0.2) is 11.6 Å². The van der Waals surface area contributed by atoms with Gasteiger partial charge < -0.3 is 5.11 Å². The van der Waals surface area contributed by atoms with Crippen LogP contribution in [-0.4, -0.2) is 11.7 Å². The van der Waals surface area contributed by atoms with Crippen LogP contribution in [0, 0.1) is 0 Å². The van der Waals surface area contributed by atoms with Crippen LogP contribution in [0.25, 0.3) is 0 Å². The Balaban J connectivity index is 2.11. The summed E-state index contributed by atoms with van der Waals surface area (Å²) in [5, 5.41) is 8.50. The van der Waals surface area contributed by atoms with E-state index in [0.29, 0.717) is 6.61 Å². The van der Waals surface area contributed by atoms with Gasteiger partial charge in [-0.2, -0.15) is 0 Å². The Hall–Kier alpha value is -0.300. The molecule has 0 saturated heterocycles.